The van der Waals surface area contributed by atoms with Gasteiger partial charge in [-0.3, -0.25) is 14.2 Å². The molecule has 3 aliphatic rings. The molecule has 2 aromatic heterocycles. The molecule has 3 atom stereocenters. The Morgan fingerprint density at radius 3 is 2.62 bits per heavy atom. The van der Waals surface area contributed by atoms with Crippen molar-refractivity contribution >= 4 is 34.9 Å². The van der Waals surface area contributed by atoms with Crippen molar-refractivity contribution in [1.82, 2.24) is 34.6 Å². The van der Waals surface area contributed by atoms with Gasteiger partial charge in [-0.25, -0.2) is 19.7 Å². The zero-order valence-electron chi connectivity index (χ0n) is 21.7. The third-order valence-corrected chi connectivity index (χ3v) is 7.40. The van der Waals surface area contributed by atoms with Crippen LogP contribution in [-0.4, -0.2) is 109 Å². The molecular weight excluding hydrogens is 512 g/mol. The molecule has 0 spiro atoms. The number of anilines is 1. The van der Waals surface area contributed by atoms with Crippen LogP contribution in [0.2, 0.25) is 0 Å². The van der Waals surface area contributed by atoms with E-state index >= 15 is 0 Å². The molecule has 0 bridgehead atoms. The van der Waals surface area contributed by atoms with Gasteiger partial charge in [-0.1, -0.05) is 0 Å². The van der Waals surface area contributed by atoms with Crippen molar-refractivity contribution in [1.29, 1.82) is 0 Å². The Bertz CT molecular complexity index is 1230. The molecule has 212 valence electrons. The first-order chi connectivity index (χ1) is 18.7. The summed E-state index contributed by atoms with van der Waals surface area (Å²) in [6.45, 7) is 0.277. The third kappa shape index (κ3) is 6.04. The van der Waals surface area contributed by atoms with Crippen LogP contribution in [0.1, 0.15) is 37.9 Å². The molecule has 5 N–H and O–H groups in total. The molecule has 3 amide bonds. The van der Waals surface area contributed by atoms with Crippen molar-refractivity contribution in [3.05, 3.63) is 12.2 Å². The number of aromatic nitrogens is 4. The predicted octanol–water partition coefficient (Wildman–Crippen LogP) is -1.04. The largest absolute Gasteiger partial charge is 0.425 e. The van der Waals surface area contributed by atoms with E-state index in [-0.39, 0.29) is 36.8 Å². The Balaban J connectivity index is 1.18. The number of nitrogens with one attached hydrogen (secondary N) is 1. The summed E-state index contributed by atoms with van der Waals surface area (Å²) in [4.78, 5) is 52.6. The van der Waals surface area contributed by atoms with Crippen LogP contribution in [0.5, 0.6) is 0 Å². The summed E-state index contributed by atoms with van der Waals surface area (Å²) in [7, 11) is 1.61. The lowest BCUT2D eigenvalue weighted by atomic mass is 9.93. The molecule has 2 saturated heterocycles. The van der Waals surface area contributed by atoms with Gasteiger partial charge in [0.25, 0.3) is 5.91 Å². The maximum Gasteiger partial charge on any atom is 0.411 e. The number of aliphatic hydroxyl groups excluding tert-OH is 2. The summed E-state index contributed by atoms with van der Waals surface area (Å²) in [6.07, 6.45) is 1.91. The molecule has 3 fully saturated rings. The van der Waals surface area contributed by atoms with Crippen LogP contribution in [-0.2, 0) is 32.2 Å². The maximum atomic E-state index is 12.5. The van der Waals surface area contributed by atoms with E-state index in [9.17, 15) is 24.6 Å². The Hall–Kier alpha value is -3.56. The van der Waals surface area contributed by atoms with Crippen LogP contribution < -0.4 is 11.1 Å². The molecule has 2 aliphatic heterocycles. The fourth-order valence-electron chi connectivity index (χ4n) is 4.70. The van der Waals surface area contributed by atoms with Gasteiger partial charge in [-0.2, -0.15) is 0 Å². The average molecular weight is 547 g/mol. The molecule has 2 aromatic rings. The average Bonchev–Trinajstić information content (AvgIpc) is 3.65. The Morgan fingerprint density at radius 1 is 1.23 bits per heavy atom. The second-order valence-corrected chi connectivity index (χ2v) is 10.3. The van der Waals surface area contributed by atoms with Gasteiger partial charge < -0.3 is 40.5 Å². The molecule has 1 aliphatic carbocycles. The summed E-state index contributed by atoms with van der Waals surface area (Å²) >= 11 is 0. The molecule has 0 aromatic carbocycles. The SMILES string of the molecule is CN1C(=O)CC1OC(=O)N1CCC(Cc2nc(N)c3ncn(CO[C@H](C(=O)NC4CC4)C(O)CO)c3n2)CC1. The van der Waals surface area contributed by atoms with E-state index in [0.717, 1.165) is 25.7 Å². The second-order valence-electron chi connectivity index (χ2n) is 10.3. The van der Waals surface area contributed by atoms with Gasteiger partial charge in [0, 0.05) is 32.6 Å². The summed E-state index contributed by atoms with van der Waals surface area (Å²) in [6, 6.07) is 0.0753. The number of imidazole rings is 1. The van der Waals surface area contributed by atoms with Crippen LogP contribution in [0.4, 0.5) is 10.6 Å². The van der Waals surface area contributed by atoms with Gasteiger partial charge in [0.15, 0.2) is 23.8 Å². The Morgan fingerprint density at radius 2 is 1.97 bits per heavy atom. The van der Waals surface area contributed by atoms with E-state index in [0.29, 0.717) is 36.5 Å². The van der Waals surface area contributed by atoms with Crippen molar-refractivity contribution in [2.45, 2.75) is 69.7 Å². The summed E-state index contributed by atoms with van der Waals surface area (Å²) in [5, 5.41) is 22.3. The number of hydrogen-bond acceptors (Lipinski definition) is 11. The Kier molecular flexibility index (Phi) is 7.81. The summed E-state index contributed by atoms with van der Waals surface area (Å²) in [5.41, 5.74) is 6.97. The lowest BCUT2D eigenvalue weighted by Crippen LogP contribution is -2.54. The van der Waals surface area contributed by atoms with Gasteiger partial charge in [-0.15, -0.1) is 0 Å². The molecular formula is C24H34N8O7. The summed E-state index contributed by atoms with van der Waals surface area (Å²) in [5.74, 6) is 0.434. The van der Waals surface area contributed by atoms with Crippen LogP contribution in [0.3, 0.4) is 0 Å². The fraction of sp³-hybridized carbons (Fsp3) is 0.667. The van der Waals surface area contributed by atoms with Crippen molar-refractivity contribution in [3.8, 4) is 0 Å². The number of β-lactam (4-membered cyclic amide) rings is 1. The van der Waals surface area contributed by atoms with Crippen LogP contribution >= 0.6 is 0 Å². The molecule has 5 rings (SSSR count). The topological polar surface area (TPSA) is 198 Å². The van der Waals surface area contributed by atoms with Crippen LogP contribution in [0.15, 0.2) is 6.33 Å². The number of rotatable bonds is 10. The highest BCUT2D eigenvalue weighted by molar-refractivity contribution is 5.83. The van der Waals surface area contributed by atoms with Crippen molar-refractivity contribution in [2.24, 2.45) is 5.92 Å². The second kappa shape index (κ2) is 11.3. The third-order valence-electron chi connectivity index (χ3n) is 7.40. The zero-order chi connectivity index (χ0) is 27.7. The number of aliphatic hydroxyl groups is 2. The lowest BCUT2D eigenvalue weighted by Gasteiger charge is -2.38. The quantitative estimate of drug-likeness (QED) is 0.266. The maximum absolute atomic E-state index is 12.5. The standard InChI is InChI=1S/C24H34N8O7/c1-30-17(35)9-18(30)39-24(37)31-6-4-13(5-7-31)8-16-28-21(25)19-22(29-16)32(11-26-19)12-38-20(15(34)10-33)23(36)27-14-2-3-14/h11,13-15,18,20,33-34H,2-10,12H2,1H3,(H,27,36)(H2,25,28,29)/t15?,18?,20-/m0/s1. The lowest BCUT2D eigenvalue weighted by molar-refractivity contribution is -0.161. The minimum absolute atomic E-state index is 0.0442. The first-order valence-electron chi connectivity index (χ1n) is 13.1. The highest BCUT2D eigenvalue weighted by atomic mass is 16.6. The molecule has 0 radical (unpaired) electrons. The molecule has 4 heterocycles. The normalized spacial score (nSPS) is 21.5. The minimum Gasteiger partial charge on any atom is -0.425 e. The number of fused-ring (bicyclic) bond motifs is 1. The zero-order valence-corrected chi connectivity index (χ0v) is 21.7. The van der Waals surface area contributed by atoms with E-state index in [4.69, 9.17) is 15.2 Å². The molecule has 2 unspecified atom stereocenters. The molecule has 39 heavy (non-hydrogen) atoms. The number of piperidine rings is 1. The van der Waals surface area contributed by atoms with Gasteiger partial charge in [0.2, 0.25) is 5.91 Å². The smallest absolute Gasteiger partial charge is 0.411 e. The van der Waals surface area contributed by atoms with E-state index in [1.165, 1.54) is 11.2 Å². The van der Waals surface area contributed by atoms with Crippen molar-refractivity contribution < 1.29 is 34.1 Å². The molecule has 1 saturated carbocycles. The predicted molar refractivity (Wildman–Crippen MR) is 135 cm³/mol. The van der Waals surface area contributed by atoms with Gasteiger partial charge in [0.1, 0.15) is 24.2 Å². The minimum atomic E-state index is -1.38. The number of carbonyl (C=O) groups excluding carboxylic acids is 3. The fourth-order valence-corrected chi connectivity index (χ4v) is 4.70. The first kappa shape index (κ1) is 27.0. The summed E-state index contributed by atoms with van der Waals surface area (Å²) < 4.78 is 12.7. The van der Waals surface area contributed by atoms with Crippen molar-refractivity contribution in [3.63, 3.8) is 0 Å². The highest BCUT2D eigenvalue weighted by Crippen LogP contribution is 2.25. The molecule has 15 nitrogen and oxygen atoms in total. The monoisotopic (exact) mass is 546 g/mol. The van der Waals surface area contributed by atoms with Gasteiger partial charge in [0.05, 0.1) is 19.4 Å². The van der Waals surface area contributed by atoms with Crippen LogP contribution in [0, 0.1) is 5.92 Å². The first-order valence-corrected chi connectivity index (χ1v) is 13.1. The van der Waals surface area contributed by atoms with E-state index in [2.05, 4.69) is 20.3 Å². The number of carbonyl (C=O) groups is 3. The number of amides is 3. The number of nitrogen functional groups attached to an aromatic ring is 1. The Labute approximate surface area is 224 Å². The number of nitrogens with zero attached hydrogens (tertiary/aromatic N) is 6. The van der Waals surface area contributed by atoms with E-state index in [1.807, 2.05) is 0 Å². The number of hydrogen-bond donors (Lipinski definition) is 4. The van der Waals surface area contributed by atoms with Crippen LogP contribution in [0.25, 0.3) is 11.2 Å². The van der Waals surface area contributed by atoms with Gasteiger partial charge >= 0.3 is 6.09 Å². The molecule has 15 heteroatoms. The van der Waals surface area contributed by atoms with E-state index in [1.54, 1.807) is 16.5 Å². The van der Waals surface area contributed by atoms with Gasteiger partial charge in [-0.05, 0) is 31.6 Å². The van der Waals surface area contributed by atoms with E-state index < -0.39 is 37.0 Å². The van der Waals surface area contributed by atoms with Crippen molar-refractivity contribution in [2.75, 3.05) is 32.5 Å². The number of nitrogens with two attached hydrogens (primary N) is 1. The highest BCUT2D eigenvalue weighted by Gasteiger charge is 2.37. The number of ether oxygens (including phenoxy) is 2. The number of likely N-dealkylation sites (tertiary alicyclic amines) is 2.